The molecule has 0 atom stereocenters. The summed E-state index contributed by atoms with van der Waals surface area (Å²) in [6, 6.07) is 3.58. The van der Waals surface area contributed by atoms with Crippen molar-refractivity contribution in [3.8, 4) is 0 Å². The molecule has 19 heavy (non-hydrogen) atoms. The number of nitrogens with zero attached hydrogens (tertiary/aromatic N) is 2. The molecule has 0 saturated carbocycles. The number of carbonyl (C=O) groups excluding carboxylic acids is 1. The van der Waals surface area contributed by atoms with Gasteiger partial charge < -0.3 is 20.7 Å². The first-order valence-electron chi connectivity index (χ1n) is 6.59. The summed E-state index contributed by atoms with van der Waals surface area (Å²) in [5.41, 5.74) is 6.03. The maximum Gasteiger partial charge on any atom is 0.255 e. The van der Waals surface area contributed by atoms with E-state index in [-0.39, 0.29) is 5.91 Å². The van der Waals surface area contributed by atoms with Crippen molar-refractivity contribution >= 4 is 11.7 Å². The standard InChI is InChI=1S/C13H20N4O2/c14-4-2-6-16-13(18)11-3-1-5-15-12(11)17-7-9-19-10-8-17/h1,3,5H,2,4,6-10,14H2,(H,16,18). The summed E-state index contributed by atoms with van der Waals surface area (Å²) in [6.45, 7) is 4.03. The van der Waals surface area contributed by atoms with Crippen LogP contribution in [0, 0.1) is 0 Å². The van der Waals surface area contributed by atoms with E-state index in [1.165, 1.54) is 0 Å². The van der Waals surface area contributed by atoms with Crippen molar-refractivity contribution < 1.29 is 9.53 Å². The van der Waals surface area contributed by atoms with Crippen LogP contribution in [0.4, 0.5) is 5.82 Å². The minimum absolute atomic E-state index is 0.0944. The van der Waals surface area contributed by atoms with E-state index in [0.717, 1.165) is 25.3 Å². The Morgan fingerprint density at radius 1 is 1.47 bits per heavy atom. The Morgan fingerprint density at radius 3 is 3.00 bits per heavy atom. The average molecular weight is 264 g/mol. The summed E-state index contributed by atoms with van der Waals surface area (Å²) in [5.74, 6) is 0.638. The van der Waals surface area contributed by atoms with Crippen molar-refractivity contribution in [2.45, 2.75) is 6.42 Å². The molecule has 6 heteroatoms. The molecule has 0 unspecified atom stereocenters. The first kappa shape index (κ1) is 13.8. The second kappa shape index (κ2) is 7.06. The molecule has 104 valence electrons. The molecular weight excluding hydrogens is 244 g/mol. The molecule has 1 aromatic rings. The molecule has 1 fully saturated rings. The van der Waals surface area contributed by atoms with Gasteiger partial charge in [-0.15, -0.1) is 0 Å². The first-order chi connectivity index (χ1) is 9.33. The van der Waals surface area contributed by atoms with Gasteiger partial charge in [0.25, 0.3) is 5.91 Å². The lowest BCUT2D eigenvalue weighted by molar-refractivity contribution is 0.0951. The quantitative estimate of drug-likeness (QED) is 0.732. The van der Waals surface area contributed by atoms with Crippen LogP contribution in [-0.2, 0) is 4.74 Å². The third-order valence-electron chi connectivity index (χ3n) is 3.01. The molecule has 0 aromatic carbocycles. The summed E-state index contributed by atoms with van der Waals surface area (Å²) in [4.78, 5) is 18.6. The number of pyridine rings is 1. The van der Waals surface area contributed by atoms with Crippen LogP contribution in [0.25, 0.3) is 0 Å². The number of amides is 1. The van der Waals surface area contributed by atoms with Gasteiger partial charge in [0, 0.05) is 25.8 Å². The van der Waals surface area contributed by atoms with Crippen LogP contribution < -0.4 is 16.0 Å². The second-order valence-electron chi connectivity index (χ2n) is 4.37. The van der Waals surface area contributed by atoms with Crippen LogP contribution in [0.2, 0.25) is 0 Å². The molecule has 0 spiro atoms. The van der Waals surface area contributed by atoms with E-state index in [1.54, 1.807) is 18.3 Å². The van der Waals surface area contributed by atoms with Gasteiger partial charge in [-0.25, -0.2) is 4.98 Å². The summed E-state index contributed by atoms with van der Waals surface area (Å²) in [7, 11) is 0. The molecule has 1 aromatic heterocycles. The Hall–Kier alpha value is -1.66. The Morgan fingerprint density at radius 2 is 2.26 bits per heavy atom. The molecule has 0 bridgehead atoms. The number of hydrogen-bond donors (Lipinski definition) is 2. The highest BCUT2D eigenvalue weighted by atomic mass is 16.5. The van der Waals surface area contributed by atoms with Crippen molar-refractivity contribution in [2.75, 3.05) is 44.3 Å². The van der Waals surface area contributed by atoms with Gasteiger partial charge in [0.2, 0.25) is 0 Å². The van der Waals surface area contributed by atoms with Crippen LogP contribution >= 0.6 is 0 Å². The van der Waals surface area contributed by atoms with Crippen molar-refractivity contribution in [3.05, 3.63) is 23.9 Å². The van der Waals surface area contributed by atoms with Crippen LogP contribution in [0.3, 0.4) is 0 Å². The molecule has 2 rings (SSSR count). The zero-order chi connectivity index (χ0) is 13.5. The highest BCUT2D eigenvalue weighted by Crippen LogP contribution is 2.18. The van der Waals surface area contributed by atoms with Crippen LogP contribution in [0.15, 0.2) is 18.3 Å². The van der Waals surface area contributed by atoms with E-state index in [9.17, 15) is 4.79 Å². The minimum Gasteiger partial charge on any atom is -0.378 e. The van der Waals surface area contributed by atoms with Gasteiger partial charge in [-0.3, -0.25) is 4.79 Å². The van der Waals surface area contributed by atoms with Gasteiger partial charge in [0.05, 0.1) is 18.8 Å². The molecule has 1 amide bonds. The zero-order valence-electron chi connectivity index (χ0n) is 11.0. The zero-order valence-corrected chi connectivity index (χ0v) is 11.0. The number of carbonyl (C=O) groups is 1. The highest BCUT2D eigenvalue weighted by Gasteiger charge is 2.19. The molecule has 1 aliphatic heterocycles. The highest BCUT2D eigenvalue weighted by molar-refractivity contribution is 5.98. The van der Waals surface area contributed by atoms with Gasteiger partial charge in [-0.2, -0.15) is 0 Å². The molecule has 1 saturated heterocycles. The summed E-state index contributed by atoms with van der Waals surface area (Å²) >= 11 is 0. The summed E-state index contributed by atoms with van der Waals surface area (Å²) in [6.07, 6.45) is 2.49. The maximum absolute atomic E-state index is 12.1. The minimum atomic E-state index is -0.0944. The van der Waals surface area contributed by atoms with E-state index in [1.807, 2.05) is 0 Å². The Kier molecular flexibility index (Phi) is 5.11. The lowest BCUT2D eigenvalue weighted by Crippen LogP contribution is -2.38. The fourth-order valence-electron chi connectivity index (χ4n) is 2.00. The van der Waals surface area contributed by atoms with Gasteiger partial charge >= 0.3 is 0 Å². The maximum atomic E-state index is 12.1. The predicted octanol–water partition coefficient (Wildman–Crippen LogP) is -0.00320. The topological polar surface area (TPSA) is 80.5 Å². The molecule has 3 N–H and O–H groups in total. The number of aromatic nitrogens is 1. The van der Waals surface area contributed by atoms with Crippen molar-refractivity contribution in [1.82, 2.24) is 10.3 Å². The molecule has 2 heterocycles. The SMILES string of the molecule is NCCCNC(=O)c1cccnc1N1CCOCC1. The summed E-state index contributed by atoms with van der Waals surface area (Å²) in [5, 5.41) is 2.86. The molecule has 0 aliphatic carbocycles. The molecule has 1 aliphatic rings. The van der Waals surface area contributed by atoms with Crippen LogP contribution in [-0.4, -0.2) is 50.3 Å². The number of hydrogen-bond acceptors (Lipinski definition) is 5. The Bertz CT molecular complexity index is 419. The number of rotatable bonds is 5. The average Bonchev–Trinajstić information content (AvgIpc) is 2.48. The Balaban J connectivity index is 2.08. The molecule has 0 radical (unpaired) electrons. The van der Waals surface area contributed by atoms with E-state index in [0.29, 0.717) is 31.9 Å². The Labute approximate surface area is 112 Å². The van der Waals surface area contributed by atoms with Crippen LogP contribution in [0.1, 0.15) is 16.8 Å². The van der Waals surface area contributed by atoms with E-state index in [2.05, 4.69) is 15.2 Å². The van der Waals surface area contributed by atoms with Gasteiger partial charge in [0.1, 0.15) is 5.82 Å². The first-order valence-corrected chi connectivity index (χ1v) is 6.59. The second-order valence-corrected chi connectivity index (χ2v) is 4.37. The molecular formula is C13H20N4O2. The van der Waals surface area contributed by atoms with Crippen LogP contribution in [0.5, 0.6) is 0 Å². The number of anilines is 1. The number of morpholine rings is 1. The van der Waals surface area contributed by atoms with E-state index in [4.69, 9.17) is 10.5 Å². The van der Waals surface area contributed by atoms with Gasteiger partial charge in [0.15, 0.2) is 0 Å². The lowest BCUT2D eigenvalue weighted by Gasteiger charge is -2.29. The normalized spacial score (nSPS) is 15.3. The van der Waals surface area contributed by atoms with Crippen molar-refractivity contribution in [3.63, 3.8) is 0 Å². The van der Waals surface area contributed by atoms with Crippen molar-refractivity contribution in [2.24, 2.45) is 5.73 Å². The number of ether oxygens (including phenoxy) is 1. The third kappa shape index (κ3) is 3.65. The van der Waals surface area contributed by atoms with Crippen molar-refractivity contribution in [1.29, 1.82) is 0 Å². The van der Waals surface area contributed by atoms with Gasteiger partial charge in [-0.05, 0) is 25.1 Å². The molecule has 6 nitrogen and oxygen atoms in total. The fraction of sp³-hybridized carbons (Fsp3) is 0.538. The largest absolute Gasteiger partial charge is 0.378 e. The lowest BCUT2D eigenvalue weighted by atomic mass is 10.2. The monoisotopic (exact) mass is 264 g/mol. The van der Waals surface area contributed by atoms with E-state index >= 15 is 0 Å². The fourth-order valence-corrected chi connectivity index (χ4v) is 2.00. The predicted molar refractivity (Wildman–Crippen MR) is 73.3 cm³/mol. The number of nitrogens with one attached hydrogen (secondary N) is 1. The summed E-state index contributed by atoms with van der Waals surface area (Å²) < 4.78 is 5.32. The third-order valence-corrected chi connectivity index (χ3v) is 3.01. The smallest absolute Gasteiger partial charge is 0.255 e. The van der Waals surface area contributed by atoms with Gasteiger partial charge in [-0.1, -0.05) is 0 Å². The van der Waals surface area contributed by atoms with E-state index < -0.39 is 0 Å². The number of nitrogens with two attached hydrogens (primary N) is 1.